The third kappa shape index (κ3) is 3.45. The quantitative estimate of drug-likeness (QED) is 0.658. The molecule has 6 nitrogen and oxygen atoms in total. The summed E-state index contributed by atoms with van der Waals surface area (Å²) in [5.41, 5.74) is 3.72. The van der Waals surface area contributed by atoms with Gasteiger partial charge in [0, 0.05) is 37.3 Å². The molecule has 1 unspecified atom stereocenters. The monoisotopic (exact) mass is 425 g/mol. The van der Waals surface area contributed by atoms with Crippen LogP contribution in [0.2, 0.25) is 0 Å². The van der Waals surface area contributed by atoms with Crippen LogP contribution in [-0.2, 0) is 13.0 Å². The van der Waals surface area contributed by atoms with E-state index in [0.717, 1.165) is 54.1 Å². The summed E-state index contributed by atoms with van der Waals surface area (Å²) in [6.07, 6.45) is 2.88. The van der Waals surface area contributed by atoms with E-state index in [2.05, 4.69) is 21.6 Å². The molecular formula is C18H21Cl2N5OS. The summed E-state index contributed by atoms with van der Waals surface area (Å²) in [6.45, 7) is 2.42. The fraction of sp³-hybridized carbons (Fsp3) is 0.389. The highest BCUT2D eigenvalue weighted by atomic mass is 35.5. The third-order valence-electron chi connectivity index (χ3n) is 5.12. The van der Waals surface area contributed by atoms with E-state index in [1.165, 1.54) is 4.70 Å². The van der Waals surface area contributed by atoms with Crippen molar-refractivity contribution in [2.24, 2.45) is 0 Å². The fourth-order valence-electron chi connectivity index (χ4n) is 3.84. The van der Waals surface area contributed by atoms with E-state index in [-0.39, 0.29) is 36.8 Å². The van der Waals surface area contributed by atoms with Gasteiger partial charge in [-0.15, -0.1) is 36.2 Å². The lowest BCUT2D eigenvalue weighted by atomic mass is 10.1. The zero-order valence-electron chi connectivity index (χ0n) is 14.6. The number of carbonyl (C=O) groups excluding carboxylic acids is 1. The van der Waals surface area contributed by atoms with Crippen LogP contribution in [0.15, 0.2) is 24.3 Å². The van der Waals surface area contributed by atoms with Gasteiger partial charge in [0.05, 0.1) is 16.3 Å². The molecule has 2 aromatic heterocycles. The molecule has 0 saturated carbocycles. The summed E-state index contributed by atoms with van der Waals surface area (Å²) in [6, 6.07) is 8.23. The number of para-hydroxylation sites is 1. The highest BCUT2D eigenvalue weighted by Crippen LogP contribution is 2.37. The Morgan fingerprint density at radius 3 is 2.96 bits per heavy atom. The van der Waals surface area contributed by atoms with Crippen molar-refractivity contribution in [1.29, 1.82) is 0 Å². The molecule has 3 aromatic rings. The van der Waals surface area contributed by atoms with Crippen molar-refractivity contribution in [1.82, 2.24) is 25.4 Å². The zero-order chi connectivity index (χ0) is 16.8. The molecule has 2 aliphatic heterocycles. The summed E-state index contributed by atoms with van der Waals surface area (Å²) in [7, 11) is 0. The molecular weight excluding hydrogens is 405 g/mol. The van der Waals surface area contributed by atoms with Crippen LogP contribution < -0.4 is 5.32 Å². The molecule has 4 heterocycles. The predicted molar refractivity (Wildman–Crippen MR) is 111 cm³/mol. The minimum atomic E-state index is 0. The van der Waals surface area contributed by atoms with Gasteiger partial charge in [0.1, 0.15) is 5.01 Å². The minimum Gasteiger partial charge on any atom is -0.328 e. The molecule has 1 saturated heterocycles. The second-order valence-electron chi connectivity index (χ2n) is 6.63. The molecule has 1 amide bonds. The van der Waals surface area contributed by atoms with Crippen molar-refractivity contribution in [2.45, 2.75) is 31.8 Å². The number of benzene rings is 1. The third-order valence-corrected chi connectivity index (χ3v) is 6.26. The molecule has 27 heavy (non-hydrogen) atoms. The van der Waals surface area contributed by atoms with Gasteiger partial charge in [-0.05, 0) is 25.0 Å². The number of halogens is 2. The lowest BCUT2D eigenvalue weighted by Crippen LogP contribution is -2.32. The van der Waals surface area contributed by atoms with Crippen molar-refractivity contribution in [3.05, 3.63) is 46.2 Å². The number of fused-ring (bicyclic) bond motifs is 2. The maximum Gasteiger partial charge on any atom is 0.275 e. The van der Waals surface area contributed by atoms with E-state index in [4.69, 9.17) is 4.98 Å². The number of H-pyrrole nitrogens is 1. The maximum atomic E-state index is 13.2. The van der Waals surface area contributed by atoms with Crippen LogP contribution in [0.5, 0.6) is 0 Å². The smallest absolute Gasteiger partial charge is 0.275 e. The first kappa shape index (κ1) is 20.1. The molecule has 1 aromatic carbocycles. The first-order chi connectivity index (χ1) is 12.3. The second kappa shape index (κ2) is 8.14. The number of nitrogens with zero attached hydrogens (tertiary/aromatic N) is 3. The summed E-state index contributed by atoms with van der Waals surface area (Å²) in [5, 5.41) is 11.8. The fourth-order valence-corrected chi connectivity index (χ4v) is 4.95. The van der Waals surface area contributed by atoms with E-state index < -0.39 is 0 Å². The Labute approximate surface area is 173 Å². The molecule has 2 N–H and O–H groups in total. The molecule has 0 bridgehead atoms. The van der Waals surface area contributed by atoms with E-state index in [1.807, 2.05) is 23.1 Å². The van der Waals surface area contributed by atoms with Gasteiger partial charge in [-0.2, -0.15) is 5.10 Å². The number of nitrogens with one attached hydrogen (secondary N) is 2. The zero-order valence-corrected chi connectivity index (χ0v) is 17.1. The average Bonchev–Trinajstić information content (AvgIpc) is 3.37. The van der Waals surface area contributed by atoms with Crippen molar-refractivity contribution < 1.29 is 4.79 Å². The average molecular weight is 426 g/mol. The molecule has 0 radical (unpaired) electrons. The molecule has 144 valence electrons. The van der Waals surface area contributed by atoms with Gasteiger partial charge in [-0.1, -0.05) is 12.1 Å². The summed E-state index contributed by atoms with van der Waals surface area (Å²) in [4.78, 5) is 19.9. The Bertz CT molecular complexity index is 923. The van der Waals surface area contributed by atoms with Crippen LogP contribution >= 0.6 is 36.2 Å². The first-order valence-corrected chi connectivity index (χ1v) is 9.56. The van der Waals surface area contributed by atoms with Crippen LogP contribution in [-0.4, -0.2) is 39.1 Å². The van der Waals surface area contributed by atoms with Crippen LogP contribution in [0.3, 0.4) is 0 Å². The molecule has 1 fully saturated rings. The normalized spacial score (nSPS) is 18.7. The van der Waals surface area contributed by atoms with Gasteiger partial charge >= 0.3 is 0 Å². The van der Waals surface area contributed by atoms with Gasteiger partial charge in [-0.25, -0.2) is 4.98 Å². The largest absolute Gasteiger partial charge is 0.328 e. The number of hydrogen-bond donors (Lipinski definition) is 2. The number of aromatic amines is 1. The first-order valence-electron chi connectivity index (χ1n) is 8.74. The van der Waals surface area contributed by atoms with Crippen LogP contribution in [0.25, 0.3) is 10.2 Å². The SMILES string of the molecule is Cl.Cl.O=C(c1n[nH]c2c1CNCC2)N1CCCC1c1nc2ccccc2s1. The standard InChI is InChI=1S/C18H19N5OS.2ClH/c24-18(16-11-10-19-8-7-12(11)21-22-16)23-9-3-5-14(23)17-20-13-4-1-2-6-15(13)25-17;;/h1-2,4,6,14,19H,3,5,7-10H2,(H,21,22);2*1H. The van der Waals surface area contributed by atoms with Crippen LogP contribution in [0.4, 0.5) is 0 Å². The molecule has 0 spiro atoms. The molecule has 5 rings (SSSR count). The van der Waals surface area contributed by atoms with Gasteiger partial charge in [0.15, 0.2) is 5.69 Å². The maximum absolute atomic E-state index is 13.2. The highest BCUT2D eigenvalue weighted by Gasteiger charge is 2.35. The van der Waals surface area contributed by atoms with E-state index in [1.54, 1.807) is 11.3 Å². The number of aromatic nitrogens is 3. The number of rotatable bonds is 2. The minimum absolute atomic E-state index is 0. The lowest BCUT2D eigenvalue weighted by Gasteiger charge is -2.23. The second-order valence-corrected chi connectivity index (χ2v) is 7.69. The van der Waals surface area contributed by atoms with Crippen LogP contribution in [0, 0.1) is 0 Å². The molecule has 0 aliphatic carbocycles. The van der Waals surface area contributed by atoms with Crippen molar-refractivity contribution >= 4 is 52.3 Å². The Hall–Kier alpha value is -1.67. The number of hydrogen-bond acceptors (Lipinski definition) is 5. The summed E-state index contributed by atoms with van der Waals surface area (Å²) in [5.74, 6) is 0.0305. The summed E-state index contributed by atoms with van der Waals surface area (Å²) < 4.78 is 1.18. The van der Waals surface area contributed by atoms with Gasteiger partial charge in [0.25, 0.3) is 5.91 Å². The molecule has 1 atom stereocenters. The highest BCUT2D eigenvalue weighted by molar-refractivity contribution is 7.18. The van der Waals surface area contributed by atoms with Crippen molar-refractivity contribution in [2.75, 3.05) is 13.1 Å². The van der Waals surface area contributed by atoms with Crippen LogP contribution in [0.1, 0.15) is 45.6 Å². The number of thiazole rings is 1. The Balaban J connectivity index is 0.00000105. The Kier molecular flexibility index (Phi) is 6.05. The van der Waals surface area contributed by atoms with Gasteiger partial charge < -0.3 is 10.2 Å². The molecule has 2 aliphatic rings. The lowest BCUT2D eigenvalue weighted by molar-refractivity contribution is 0.0728. The van der Waals surface area contributed by atoms with E-state index >= 15 is 0 Å². The van der Waals surface area contributed by atoms with E-state index in [0.29, 0.717) is 12.2 Å². The number of likely N-dealkylation sites (tertiary alicyclic amines) is 1. The van der Waals surface area contributed by atoms with Gasteiger partial charge in [0.2, 0.25) is 0 Å². The van der Waals surface area contributed by atoms with Crippen molar-refractivity contribution in [3.63, 3.8) is 0 Å². The Morgan fingerprint density at radius 1 is 1.26 bits per heavy atom. The number of carbonyl (C=O) groups is 1. The van der Waals surface area contributed by atoms with E-state index in [9.17, 15) is 4.79 Å². The molecule has 9 heteroatoms. The van der Waals surface area contributed by atoms with Crippen molar-refractivity contribution in [3.8, 4) is 0 Å². The Morgan fingerprint density at radius 2 is 2.11 bits per heavy atom. The number of amides is 1. The topological polar surface area (TPSA) is 73.9 Å². The van der Waals surface area contributed by atoms with Gasteiger partial charge in [-0.3, -0.25) is 9.89 Å². The summed E-state index contributed by atoms with van der Waals surface area (Å²) >= 11 is 1.70. The predicted octanol–water partition coefficient (Wildman–Crippen LogP) is 3.49.